The Morgan fingerprint density at radius 3 is 2.44 bits per heavy atom. The van der Waals surface area contributed by atoms with Crippen molar-refractivity contribution in [2.75, 3.05) is 27.2 Å². The van der Waals surface area contributed by atoms with Crippen LogP contribution in [0, 0.1) is 46.3 Å². The summed E-state index contributed by atoms with van der Waals surface area (Å²) in [5.41, 5.74) is 2.41. The van der Waals surface area contributed by atoms with E-state index in [0.29, 0.717) is 12.0 Å². The van der Waals surface area contributed by atoms with E-state index in [-0.39, 0.29) is 11.5 Å². The zero-order valence-electron chi connectivity index (χ0n) is 24.6. The van der Waals surface area contributed by atoms with Crippen LogP contribution in [-0.4, -0.2) is 54.2 Å². The lowest BCUT2D eigenvalue weighted by atomic mass is 9.46. The normalized spacial score (nSPS) is 38.8. The summed E-state index contributed by atoms with van der Waals surface area (Å²) in [6.07, 6.45) is 16.1. The van der Waals surface area contributed by atoms with Gasteiger partial charge in [0.2, 0.25) is 0 Å². The number of hydrogen-bond donors (Lipinski definition) is 1. The predicted molar refractivity (Wildman–Crippen MR) is 150 cm³/mol. The lowest BCUT2D eigenvalue weighted by Crippen LogP contribution is -2.53. The molecule has 8 atom stereocenters. The molecule has 0 aliphatic heterocycles. The number of carboxylic acid groups (broad SMARTS) is 1. The first-order chi connectivity index (χ1) is 17.0. The molecule has 36 heavy (non-hydrogen) atoms. The van der Waals surface area contributed by atoms with Gasteiger partial charge in [0.25, 0.3) is 0 Å². The van der Waals surface area contributed by atoms with Crippen molar-refractivity contribution >= 4 is 6.09 Å². The molecule has 206 valence electrons. The number of hydrogen-bond acceptors (Lipinski definition) is 2. The molecule has 4 aliphatic rings. The van der Waals surface area contributed by atoms with Crippen LogP contribution in [0.3, 0.4) is 0 Å². The summed E-state index contributed by atoms with van der Waals surface area (Å²) in [6.45, 7) is 13.9. The number of rotatable bonds is 9. The van der Waals surface area contributed by atoms with E-state index < -0.39 is 6.09 Å². The summed E-state index contributed by atoms with van der Waals surface area (Å²) in [4.78, 5) is 15.9. The molecule has 0 saturated heterocycles. The van der Waals surface area contributed by atoms with E-state index in [2.05, 4.69) is 45.6 Å². The van der Waals surface area contributed by atoms with Gasteiger partial charge in [-0.3, -0.25) is 0 Å². The van der Waals surface area contributed by atoms with E-state index in [0.717, 1.165) is 61.3 Å². The monoisotopic (exact) mass is 500 g/mol. The highest BCUT2D eigenvalue weighted by molar-refractivity contribution is 5.65. The van der Waals surface area contributed by atoms with Crippen molar-refractivity contribution < 1.29 is 9.90 Å². The molecule has 4 aliphatic carbocycles. The van der Waals surface area contributed by atoms with Crippen molar-refractivity contribution in [1.29, 1.82) is 0 Å². The highest BCUT2D eigenvalue weighted by Gasteiger charge is 2.59. The van der Waals surface area contributed by atoms with Gasteiger partial charge in [-0.2, -0.15) is 0 Å². The van der Waals surface area contributed by atoms with Gasteiger partial charge in [-0.15, -0.1) is 0 Å². The van der Waals surface area contributed by atoms with Gasteiger partial charge in [-0.05, 0) is 112 Å². The Kier molecular flexibility index (Phi) is 8.54. The fourth-order valence-corrected chi connectivity index (χ4v) is 9.67. The van der Waals surface area contributed by atoms with Crippen molar-refractivity contribution in [2.24, 2.45) is 46.3 Å². The maximum atomic E-state index is 12.1. The van der Waals surface area contributed by atoms with Crippen LogP contribution in [0.25, 0.3) is 0 Å². The molecule has 0 aromatic carbocycles. The predicted octanol–water partition coefficient (Wildman–Crippen LogP) is 7.94. The number of fused-ring (bicyclic) bond motifs is 5. The second kappa shape index (κ2) is 11.0. The largest absolute Gasteiger partial charge is 0.465 e. The molecule has 3 saturated carbocycles. The molecule has 4 rings (SSSR count). The first kappa shape index (κ1) is 28.0. The molecule has 1 N–H and O–H groups in total. The van der Waals surface area contributed by atoms with Gasteiger partial charge >= 0.3 is 6.09 Å². The Balaban J connectivity index is 1.46. The van der Waals surface area contributed by atoms with E-state index >= 15 is 0 Å². The second-order valence-electron chi connectivity index (χ2n) is 14.5. The summed E-state index contributed by atoms with van der Waals surface area (Å²) in [5.74, 6) is 5.12. The molecule has 0 heterocycles. The third kappa shape index (κ3) is 5.27. The highest BCUT2D eigenvalue weighted by atomic mass is 16.4. The molecule has 0 bridgehead atoms. The Labute approximate surface area is 222 Å². The fraction of sp³-hybridized carbons (Fsp3) is 0.906. The van der Waals surface area contributed by atoms with Gasteiger partial charge in [0.05, 0.1) is 0 Å². The Morgan fingerprint density at radius 2 is 1.78 bits per heavy atom. The molecule has 0 aromatic heterocycles. The molecule has 0 radical (unpaired) electrons. The average molecular weight is 501 g/mol. The van der Waals surface area contributed by atoms with Crippen molar-refractivity contribution in [3.05, 3.63) is 11.6 Å². The Morgan fingerprint density at radius 1 is 1.03 bits per heavy atom. The van der Waals surface area contributed by atoms with Gasteiger partial charge in [-0.1, -0.05) is 65.5 Å². The number of allylic oxidation sites excluding steroid dienone is 1. The molecule has 1 amide bonds. The maximum absolute atomic E-state index is 12.1. The van der Waals surface area contributed by atoms with E-state index in [1.165, 1.54) is 51.4 Å². The number of nitrogens with zero attached hydrogens (tertiary/aromatic N) is 2. The first-order valence-corrected chi connectivity index (χ1v) is 15.3. The second-order valence-corrected chi connectivity index (χ2v) is 14.5. The summed E-state index contributed by atoms with van der Waals surface area (Å²) in [5, 5.41) is 9.96. The van der Waals surface area contributed by atoms with Crippen molar-refractivity contribution in [3.63, 3.8) is 0 Å². The van der Waals surface area contributed by atoms with E-state index in [9.17, 15) is 9.90 Å². The lowest BCUT2D eigenvalue weighted by molar-refractivity contribution is -0.0541. The average Bonchev–Trinajstić information content (AvgIpc) is 3.15. The van der Waals surface area contributed by atoms with Crippen molar-refractivity contribution in [2.45, 2.75) is 111 Å². The minimum absolute atomic E-state index is 0.148. The van der Waals surface area contributed by atoms with Crippen LogP contribution in [0.5, 0.6) is 0 Å². The molecule has 4 heteroatoms. The van der Waals surface area contributed by atoms with Crippen LogP contribution in [0.2, 0.25) is 0 Å². The minimum atomic E-state index is -0.743. The van der Waals surface area contributed by atoms with Crippen molar-refractivity contribution in [1.82, 2.24) is 9.80 Å². The molecule has 4 nitrogen and oxygen atoms in total. The molecule has 0 aromatic rings. The SMILES string of the molecule is CC(C)CCC[C@@H](C)[C@H]1CCC2C3CC=C4C[C@@H](N(CCN(C)C)C(=O)O)CC[C@]4(C)C3CC[C@@]21C. The standard InChI is InChI=1S/C32H56N2O2/c1-22(2)9-8-10-23(3)27-13-14-28-26-12-11-24-21-25(34(30(35)36)20-19-33(6)7)15-17-31(24,4)29(26)16-18-32(27,28)5/h11,22-23,25-29H,8-10,12-21H2,1-7H3,(H,35,36)/t23-,25+,26?,27-,28?,29?,31+,32-/m1/s1. The summed E-state index contributed by atoms with van der Waals surface area (Å²) < 4.78 is 0. The van der Waals surface area contributed by atoms with Gasteiger partial charge in [0.15, 0.2) is 0 Å². The first-order valence-electron chi connectivity index (χ1n) is 15.3. The van der Waals surface area contributed by atoms with Crippen LogP contribution in [0.1, 0.15) is 105 Å². The lowest BCUT2D eigenvalue weighted by Gasteiger charge is -2.59. The van der Waals surface area contributed by atoms with Gasteiger partial charge in [-0.25, -0.2) is 4.79 Å². The number of likely N-dealkylation sites (N-methyl/N-ethyl adjacent to an activating group) is 1. The van der Waals surface area contributed by atoms with Gasteiger partial charge in [0, 0.05) is 19.1 Å². The smallest absolute Gasteiger partial charge is 0.407 e. The molecule has 0 spiro atoms. The van der Waals surface area contributed by atoms with Gasteiger partial charge < -0.3 is 14.9 Å². The zero-order chi connectivity index (χ0) is 26.3. The minimum Gasteiger partial charge on any atom is -0.465 e. The molecular formula is C32H56N2O2. The van der Waals surface area contributed by atoms with Gasteiger partial charge in [0.1, 0.15) is 0 Å². The summed E-state index contributed by atoms with van der Waals surface area (Å²) in [6, 6.07) is 0.148. The number of carbonyl (C=O) groups is 1. The highest BCUT2D eigenvalue weighted by Crippen LogP contribution is 2.67. The third-order valence-electron chi connectivity index (χ3n) is 11.8. The molecule has 3 unspecified atom stereocenters. The van der Waals surface area contributed by atoms with Crippen LogP contribution in [0.15, 0.2) is 11.6 Å². The molecular weight excluding hydrogens is 444 g/mol. The maximum Gasteiger partial charge on any atom is 0.407 e. The third-order valence-corrected chi connectivity index (χ3v) is 11.8. The van der Waals surface area contributed by atoms with Crippen LogP contribution >= 0.6 is 0 Å². The quantitative estimate of drug-likeness (QED) is 0.327. The number of amides is 1. The summed E-state index contributed by atoms with van der Waals surface area (Å²) in [7, 11) is 4.05. The van der Waals surface area contributed by atoms with Crippen LogP contribution < -0.4 is 0 Å². The van der Waals surface area contributed by atoms with E-state index in [1.54, 1.807) is 10.5 Å². The topological polar surface area (TPSA) is 43.8 Å². The van der Waals surface area contributed by atoms with E-state index in [4.69, 9.17) is 0 Å². The zero-order valence-corrected chi connectivity index (χ0v) is 24.6. The summed E-state index contributed by atoms with van der Waals surface area (Å²) >= 11 is 0. The van der Waals surface area contributed by atoms with Crippen LogP contribution in [-0.2, 0) is 0 Å². The molecule has 3 fully saturated rings. The Hall–Kier alpha value is -1.03. The Bertz CT molecular complexity index is 806. The van der Waals surface area contributed by atoms with Crippen molar-refractivity contribution in [3.8, 4) is 0 Å². The van der Waals surface area contributed by atoms with Crippen LogP contribution in [0.4, 0.5) is 4.79 Å². The fourth-order valence-electron chi connectivity index (χ4n) is 9.67. The van der Waals surface area contributed by atoms with E-state index in [1.807, 2.05) is 14.1 Å².